The van der Waals surface area contributed by atoms with Crippen LogP contribution in [0.1, 0.15) is 46.1 Å². The van der Waals surface area contributed by atoms with Gasteiger partial charge in [0.2, 0.25) is 0 Å². The number of carbonyl (C=O) groups excluding carboxylic acids is 1. The first-order valence-corrected chi connectivity index (χ1v) is 11.0. The van der Waals surface area contributed by atoms with Crippen molar-refractivity contribution in [3.8, 4) is 11.5 Å². The highest BCUT2D eigenvalue weighted by Crippen LogP contribution is 2.42. The Labute approximate surface area is 178 Å². The monoisotopic (exact) mass is 515 g/mol. The van der Waals surface area contributed by atoms with Gasteiger partial charge in [0.15, 0.2) is 11.5 Å². The fourth-order valence-corrected chi connectivity index (χ4v) is 5.11. The second-order valence-electron chi connectivity index (χ2n) is 6.01. The van der Waals surface area contributed by atoms with Crippen LogP contribution in [0.3, 0.4) is 0 Å². The van der Waals surface area contributed by atoms with E-state index in [2.05, 4.69) is 36.9 Å². The molecule has 0 aliphatic heterocycles. The van der Waals surface area contributed by atoms with Crippen molar-refractivity contribution in [2.75, 3.05) is 13.7 Å². The Bertz CT molecular complexity index is 908. The van der Waals surface area contributed by atoms with Crippen LogP contribution in [0.25, 0.3) is 0 Å². The standard InChI is InChI=1S/C19H19Br2NO4S/c1-3-26-19(24)15-10-6-4-5-7-14(10)27-18(15)22-9-11-16(21)12(20)8-13(25-2)17(11)23/h8-9,23H,3-7H2,1-2H3/b22-9+. The van der Waals surface area contributed by atoms with Crippen LogP contribution in [0.5, 0.6) is 11.5 Å². The molecule has 0 bridgehead atoms. The van der Waals surface area contributed by atoms with E-state index in [0.29, 0.717) is 33.0 Å². The molecule has 0 saturated carbocycles. The number of phenolic OH excluding ortho intramolecular Hbond substituents is 1. The number of methoxy groups -OCH3 is 1. The summed E-state index contributed by atoms with van der Waals surface area (Å²) in [6.07, 6.45) is 5.56. The van der Waals surface area contributed by atoms with E-state index in [1.54, 1.807) is 19.2 Å². The van der Waals surface area contributed by atoms with E-state index in [1.165, 1.54) is 23.3 Å². The first-order valence-electron chi connectivity index (χ1n) is 8.58. The van der Waals surface area contributed by atoms with Gasteiger partial charge >= 0.3 is 5.97 Å². The number of hydrogen-bond acceptors (Lipinski definition) is 6. The van der Waals surface area contributed by atoms with Crippen LogP contribution in [0.15, 0.2) is 20.0 Å². The lowest BCUT2D eigenvalue weighted by molar-refractivity contribution is 0.0526. The number of hydrogen-bond donors (Lipinski definition) is 1. The third kappa shape index (κ3) is 4.07. The zero-order valence-corrected chi connectivity index (χ0v) is 19.0. The van der Waals surface area contributed by atoms with Crippen LogP contribution in [0, 0.1) is 0 Å². The number of esters is 1. The number of aromatic hydroxyl groups is 1. The number of nitrogens with zero attached hydrogens (tertiary/aromatic N) is 1. The van der Waals surface area contributed by atoms with Gasteiger partial charge in [-0.3, -0.25) is 0 Å². The topological polar surface area (TPSA) is 68.1 Å². The van der Waals surface area contributed by atoms with Crippen molar-refractivity contribution in [1.29, 1.82) is 0 Å². The van der Waals surface area contributed by atoms with Crippen molar-refractivity contribution in [3.05, 3.63) is 36.6 Å². The first kappa shape index (κ1) is 20.4. The third-order valence-corrected chi connectivity index (χ3v) is 7.57. The lowest BCUT2D eigenvalue weighted by atomic mass is 9.95. The average molecular weight is 517 g/mol. The third-order valence-electron chi connectivity index (χ3n) is 4.36. The van der Waals surface area contributed by atoms with Crippen molar-refractivity contribution in [1.82, 2.24) is 0 Å². The number of phenols is 1. The zero-order valence-electron chi connectivity index (χ0n) is 15.0. The molecular formula is C19H19Br2NO4S. The summed E-state index contributed by atoms with van der Waals surface area (Å²) >= 11 is 8.41. The molecule has 1 aliphatic carbocycles. The van der Waals surface area contributed by atoms with Crippen LogP contribution in [0.4, 0.5) is 5.00 Å². The molecule has 1 heterocycles. The summed E-state index contributed by atoms with van der Waals surface area (Å²) in [5, 5.41) is 11.1. The first-order chi connectivity index (χ1) is 13.0. The van der Waals surface area contributed by atoms with Gasteiger partial charge in [0.25, 0.3) is 0 Å². The van der Waals surface area contributed by atoms with E-state index in [4.69, 9.17) is 9.47 Å². The predicted molar refractivity (Wildman–Crippen MR) is 114 cm³/mol. The second kappa shape index (κ2) is 8.75. The molecule has 1 aliphatic rings. The van der Waals surface area contributed by atoms with E-state index in [-0.39, 0.29) is 11.7 Å². The average Bonchev–Trinajstić information content (AvgIpc) is 3.03. The van der Waals surface area contributed by atoms with Gasteiger partial charge in [-0.2, -0.15) is 0 Å². The lowest BCUT2D eigenvalue weighted by Gasteiger charge is -2.12. The molecular weight excluding hydrogens is 498 g/mol. The number of benzene rings is 1. The molecule has 1 N–H and O–H groups in total. The minimum absolute atomic E-state index is 0.0182. The number of rotatable bonds is 5. The minimum atomic E-state index is -0.334. The molecule has 2 aromatic rings. The van der Waals surface area contributed by atoms with E-state index in [9.17, 15) is 9.90 Å². The van der Waals surface area contributed by atoms with Crippen LogP contribution >= 0.6 is 43.2 Å². The molecule has 0 saturated heterocycles. The minimum Gasteiger partial charge on any atom is -0.504 e. The van der Waals surface area contributed by atoms with E-state index >= 15 is 0 Å². The van der Waals surface area contributed by atoms with Gasteiger partial charge in [0.1, 0.15) is 5.00 Å². The van der Waals surface area contributed by atoms with Gasteiger partial charge in [-0.15, -0.1) is 11.3 Å². The molecule has 5 nitrogen and oxygen atoms in total. The Morgan fingerprint density at radius 3 is 2.81 bits per heavy atom. The van der Waals surface area contributed by atoms with E-state index in [1.807, 2.05) is 0 Å². The fraction of sp³-hybridized carbons (Fsp3) is 0.368. The number of ether oxygens (including phenoxy) is 2. The molecule has 3 rings (SSSR count). The lowest BCUT2D eigenvalue weighted by Crippen LogP contribution is -2.09. The number of carbonyl (C=O) groups is 1. The predicted octanol–water partition coefficient (Wildman–Crippen LogP) is 5.79. The molecule has 0 spiro atoms. The molecule has 144 valence electrons. The Hall–Kier alpha value is -1.38. The summed E-state index contributed by atoms with van der Waals surface area (Å²) in [6.45, 7) is 2.12. The maximum atomic E-state index is 12.5. The molecule has 1 aromatic heterocycles. The summed E-state index contributed by atoms with van der Waals surface area (Å²) in [5.74, 6) is -0.0166. The number of aryl methyl sites for hydroxylation is 1. The van der Waals surface area contributed by atoms with Gasteiger partial charge in [0, 0.05) is 20.0 Å². The molecule has 0 unspecified atom stereocenters. The highest BCUT2D eigenvalue weighted by Gasteiger charge is 2.26. The number of fused-ring (bicyclic) bond motifs is 1. The Morgan fingerprint density at radius 2 is 2.11 bits per heavy atom. The van der Waals surface area contributed by atoms with Gasteiger partial charge in [-0.25, -0.2) is 9.79 Å². The Kier molecular flexibility index (Phi) is 6.60. The Morgan fingerprint density at radius 1 is 1.37 bits per heavy atom. The molecule has 27 heavy (non-hydrogen) atoms. The molecule has 0 fully saturated rings. The maximum absolute atomic E-state index is 12.5. The highest BCUT2D eigenvalue weighted by molar-refractivity contribution is 9.13. The quantitative estimate of drug-likeness (QED) is 0.403. The smallest absolute Gasteiger partial charge is 0.341 e. The van der Waals surface area contributed by atoms with Gasteiger partial charge in [-0.05, 0) is 76.1 Å². The van der Waals surface area contributed by atoms with Gasteiger partial charge in [-0.1, -0.05) is 0 Å². The second-order valence-corrected chi connectivity index (χ2v) is 8.74. The largest absolute Gasteiger partial charge is 0.504 e. The Balaban J connectivity index is 2.07. The molecule has 1 aromatic carbocycles. The molecule has 8 heteroatoms. The summed E-state index contributed by atoms with van der Waals surface area (Å²) in [4.78, 5) is 18.3. The van der Waals surface area contributed by atoms with Crippen LogP contribution in [0.2, 0.25) is 0 Å². The zero-order chi connectivity index (χ0) is 19.6. The van der Waals surface area contributed by atoms with Gasteiger partial charge in [0.05, 0.1) is 24.8 Å². The van der Waals surface area contributed by atoms with Crippen molar-refractivity contribution >= 4 is 60.4 Å². The summed E-state index contributed by atoms with van der Waals surface area (Å²) in [6, 6.07) is 1.67. The molecule has 0 amide bonds. The van der Waals surface area contributed by atoms with Crippen molar-refractivity contribution < 1.29 is 19.4 Å². The maximum Gasteiger partial charge on any atom is 0.341 e. The number of aliphatic imine (C=N–C) groups is 1. The van der Waals surface area contributed by atoms with Crippen molar-refractivity contribution in [3.63, 3.8) is 0 Å². The molecule has 0 atom stereocenters. The summed E-state index contributed by atoms with van der Waals surface area (Å²) < 4.78 is 11.8. The van der Waals surface area contributed by atoms with Gasteiger partial charge < -0.3 is 14.6 Å². The summed E-state index contributed by atoms with van der Waals surface area (Å²) in [7, 11) is 1.49. The SMILES string of the molecule is CCOC(=O)c1c(/N=C/c2c(O)c(OC)cc(Br)c2Br)sc2c1CCCC2. The molecule has 0 radical (unpaired) electrons. The van der Waals surface area contributed by atoms with E-state index < -0.39 is 0 Å². The van der Waals surface area contributed by atoms with Crippen LogP contribution in [-0.4, -0.2) is 31.0 Å². The summed E-state index contributed by atoms with van der Waals surface area (Å²) in [5.41, 5.74) is 2.10. The van der Waals surface area contributed by atoms with Crippen molar-refractivity contribution in [2.24, 2.45) is 4.99 Å². The van der Waals surface area contributed by atoms with Crippen molar-refractivity contribution in [2.45, 2.75) is 32.6 Å². The van der Waals surface area contributed by atoms with E-state index in [0.717, 1.165) is 35.7 Å². The van der Waals surface area contributed by atoms with Crippen LogP contribution < -0.4 is 4.74 Å². The number of thiophene rings is 1. The normalized spacial score (nSPS) is 13.6. The highest BCUT2D eigenvalue weighted by atomic mass is 79.9. The fourth-order valence-electron chi connectivity index (χ4n) is 3.06. The van der Waals surface area contributed by atoms with Crippen LogP contribution in [-0.2, 0) is 17.6 Å². The number of halogens is 2.